The van der Waals surface area contributed by atoms with Crippen molar-refractivity contribution in [3.05, 3.63) is 35.6 Å². The van der Waals surface area contributed by atoms with E-state index in [0.717, 1.165) is 5.56 Å². The van der Waals surface area contributed by atoms with Crippen molar-refractivity contribution in [2.24, 2.45) is 11.7 Å². The van der Waals surface area contributed by atoms with Crippen molar-refractivity contribution in [2.45, 2.75) is 12.7 Å². The summed E-state index contributed by atoms with van der Waals surface area (Å²) in [6.07, 6.45) is 0. The van der Waals surface area contributed by atoms with Gasteiger partial charge in [0.1, 0.15) is 5.82 Å². The SMILES string of the molecule is CC(CN)CS(=O)Cc1cccc(F)c1. The third-order valence-corrected chi connectivity index (χ3v) is 3.69. The zero-order valence-corrected chi connectivity index (χ0v) is 9.60. The van der Waals surface area contributed by atoms with E-state index in [4.69, 9.17) is 5.73 Å². The zero-order valence-electron chi connectivity index (χ0n) is 8.78. The average molecular weight is 229 g/mol. The van der Waals surface area contributed by atoms with Crippen LogP contribution in [0.1, 0.15) is 12.5 Å². The van der Waals surface area contributed by atoms with E-state index in [1.807, 2.05) is 6.92 Å². The van der Waals surface area contributed by atoms with Gasteiger partial charge in [0.25, 0.3) is 0 Å². The molecule has 0 fully saturated rings. The van der Waals surface area contributed by atoms with Gasteiger partial charge in [-0.1, -0.05) is 19.1 Å². The molecule has 0 aliphatic carbocycles. The summed E-state index contributed by atoms with van der Waals surface area (Å²) in [6, 6.07) is 6.22. The van der Waals surface area contributed by atoms with E-state index >= 15 is 0 Å². The van der Waals surface area contributed by atoms with Gasteiger partial charge in [0.05, 0.1) is 0 Å². The van der Waals surface area contributed by atoms with E-state index < -0.39 is 10.8 Å². The molecule has 84 valence electrons. The van der Waals surface area contributed by atoms with Crippen LogP contribution in [0, 0.1) is 11.7 Å². The van der Waals surface area contributed by atoms with Crippen LogP contribution in [-0.2, 0) is 16.6 Å². The lowest BCUT2D eigenvalue weighted by molar-refractivity contribution is 0.625. The summed E-state index contributed by atoms with van der Waals surface area (Å²) >= 11 is 0. The molecule has 15 heavy (non-hydrogen) atoms. The zero-order chi connectivity index (χ0) is 11.3. The first-order valence-electron chi connectivity index (χ1n) is 4.91. The summed E-state index contributed by atoms with van der Waals surface area (Å²) in [5.41, 5.74) is 6.22. The molecule has 0 bridgehead atoms. The first-order valence-corrected chi connectivity index (χ1v) is 6.40. The molecule has 0 aliphatic rings. The van der Waals surface area contributed by atoms with Crippen LogP contribution in [0.15, 0.2) is 24.3 Å². The molecule has 0 aliphatic heterocycles. The first kappa shape index (κ1) is 12.3. The smallest absolute Gasteiger partial charge is 0.123 e. The van der Waals surface area contributed by atoms with Crippen molar-refractivity contribution in [3.63, 3.8) is 0 Å². The second-order valence-electron chi connectivity index (χ2n) is 3.72. The molecule has 1 rings (SSSR count). The molecule has 2 unspecified atom stereocenters. The van der Waals surface area contributed by atoms with Crippen LogP contribution in [0.2, 0.25) is 0 Å². The number of rotatable bonds is 5. The lowest BCUT2D eigenvalue weighted by Crippen LogP contribution is -2.18. The Labute approximate surface area is 92.1 Å². The minimum Gasteiger partial charge on any atom is -0.330 e. The van der Waals surface area contributed by atoms with Crippen LogP contribution in [0.3, 0.4) is 0 Å². The van der Waals surface area contributed by atoms with Gasteiger partial charge in [-0.05, 0) is 30.2 Å². The molecule has 0 amide bonds. The van der Waals surface area contributed by atoms with Gasteiger partial charge in [-0.2, -0.15) is 0 Å². The molecule has 2 nitrogen and oxygen atoms in total. The second kappa shape index (κ2) is 5.98. The Morgan fingerprint density at radius 2 is 2.27 bits per heavy atom. The van der Waals surface area contributed by atoms with Crippen molar-refractivity contribution < 1.29 is 8.60 Å². The quantitative estimate of drug-likeness (QED) is 0.834. The van der Waals surface area contributed by atoms with E-state index in [9.17, 15) is 8.60 Å². The molecule has 1 aromatic carbocycles. The summed E-state index contributed by atoms with van der Waals surface area (Å²) in [5, 5.41) is 0. The summed E-state index contributed by atoms with van der Waals surface area (Å²) in [7, 11) is -0.956. The summed E-state index contributed by atoms with van der Waals surface area (Å²) in [4.78, 5) is 0. The topological polar surface area (TPSA) is 43.1 Å². The molecule has 0 aromatic heterocycles. The predicted octanol–water partition coefficient (Wildman–Crippen LogP) is 1.67. The summed E-state index contributed by atoms with van der Waals surface area (Å²) < 4.78 is 24.5. The van der Waals surface area contributed by atoms with Crippen LogP contribution in [-0.4, -0.2) is 16.5 Å². The normalized spacial score (nSPS) is 14.9. The van der Waals surface area contributed by atoms with Crippen molar-refractivity contribution in [3.8, 4) is 0 Å². The fraction of sp³-hybridized carbons (Fsp3) is 0.455. The number of halogens is 1. The molecule has 0 spiro atoms. The maximum atomic E-state index is 12.8. The molecule has 0 heterocycles. The lowest BCUT2D eigenvalue weighted by Gasteiger charge is -2.07. The average Bonchev–Trinajstić information content (AvgIpc) is 2.17. The van der Waals surface area contributed by atoms with E-state index in [1.54, 1.807) is 12.1 Å². The molecule has 2 N–H and O–H groups in total. The highest BCUT2D eigenvalue weighted by Crippen LogP contribution is 2.08. The number of hydrogen-bond donors (Lipinski definition) is 1. The Hall–Kier alpha value is -0.740. The molecular weight excluding hydrogens is 213 g/mol. The lowest BCUT2D eigenvalue weighted by atomic mass is 10.2. The van der Waals surface area contributed by atoms with Gasteiger partial charge in [0.2, 0.25) is 0 Å². The third-order valence-electron chi connectivity index (χ3n) is 2.09. The van der Waals surface area contributed by atoms with E-state index in [-0.39, 0.29) is 11.7 Å². The van der Waals surface area contributed by atoms with Crippen LogP contribution in [0.4, 0.5) is 4.39 Å². The monoisotopic (exact) mass is 229 g/mol. The Morgan fingerprint density at radius 1 is 1.53 bits per heavy atom. The maximum Gasteiger partial charge on any atom is 0.123 e. The minimum atomic E-state index is -0.956. The third kappa shape index (κ3) is 4.53. The molecule has 0 saturated heterocycles. The Morgan fingerprint density at radius 3 is 2.87 bits per heavy atom. The predicted molar refractivity (Wildman–Crippen MR) is 61.3 cm³/mol. The first-order chi connectivity index (χ1) is 7.11. The van der Waals surface area contributed by atoms with E-state index in [1.165, 1.54) is 12.1 Å². The fourth-order valence-electron chi connectivity index (χ4n) is 1.26. The van der Waals surface area contributed by atoms with Crippen molar-refractivity contribution in [1.29, 1.82) is 0 Å². The highest BCUT2D eigenvalue weighted by Gasteiger charge is 2.07. The van der Waals surface area contributed by atoms with Crippen LogP contribution in [0.25, 0.3) is 0 Å². The molecule has 4 heteroatoms. The van der Waals surface area contributed by atoms with Crippen LogP contribution in [0.5, 0.6) is 0 Å². The molecule has 0 saturated carbocycles. The van der Waals surface area contributed by atoms with Crippen LogP contribution < -0.4 is 5.73 Å². The maximum absolute atomic E-state index is 12.8. The molecule has 0 radical (unpaired) electrons. The molecule has 2 atom stereocenters. The van der Waals surface area contributed by atoms with E-state index in [0.29, 0.717) is 18.1 Å². The largest absolute Gasteiger partial charge is 0.330 e. The fourth-order valence-corrected chi connectivity index (χ4v) is 2.70. The number of nitrogens with two attached hydrogens (primary N) is 1. The second-order valence-corrected chi connectivity index (χ2v) is 5.22. The van der Waals surface area contributed by atoms with Gasteiger partial charge in [0, 0.05) is 22.3 Å². The number of hydrogen-bond acceptors (Lipinski definition) is 2. The highest BCUT2D eigenvalue weighted by molar-refractivity contribution is 7.84. The minimum absolute atomic E-state index is 0.249. The number of benzene rings is 1. The Balaban J connectivity index is 2.51. The van der Waals surface area contributed by atoms with Gasteiger partial charge < -0.3 is 5.73 Å². The standard InChI is InChI=1S/C11H16FNOS/c1-9(6-13)7-15(14)8-10-3-2-4-11(12)5-10/h2-5,9H,6-8,13H2,1H3. The Bertz CT molecular complexity index is 343. The van der Waals surface area contributed by atoms with Gasteiger partial charge in [-0.15, -0.1) is 0 Å². The van der Waals surface area contributed by atoms with Gasteiger partial charge in [-0.3, -0.25) is 4.21 Å². The van der Waals surface area contributed by atoms with Crippen LogP contribution >= 0.6 is 0 Å². The van der Waals surface area contributed by atoms with Crippen molar-refractivity contribution >= 4 is 10.8 Å². The highest BCUT2D eigenvalue weighted by atomic mass is 32.2. The molecule has 1 aromatic rings. The van der Waals surface area contributed by atoms with Gasteiger partial charge in [0.15, 0.2) is 0 Å². The van der Waals surface area contributed by atoms with Gasteiger partial charge >= 0.3 is 0 Å². The Kier molecular flexibility index (Phi) is 4.91. The van der Waals surface area contributed by atoms with Crippen molar-refractivity contribution in [2.75, 3.05) is 12.3 Å². The summed E-state index contributed by atoms with van der Waals surface area (Å²) in [5.74, 6) is 0.950. The summed E-state index contributed by atoms with van der Waals surface area (Å²) in [6.45, 7) is 2.50. The molecular formula is C11H16FNOS. The van der Waals surface area contributed by atoms with Crippen molar-refractivity contribution in [1.82, 2.24) is 0 Å². The van der Waals surface area contributed by atoms with E-state index in [2.05, 4.69) is 0 Å². The van der Waals surface area contributed by atoms with Gasteiger partial charge in [-0.25, -0.2) is 4.39 Å².